The van der Waals surface area contributed by atoms with Crippen molar-refractivity contribution in [1.82, 2.24) is 19.5 Å². The van der Waals surface area contributed by atoms with Gasteiger partial charge in [-0.2, -0.15) is 0 Å². The molecule has 28 heavy (non-hydrogen) atoms. The van der Waals surface area contributed by atoms with Crippen LogP contribution in [0.2, 0.25) is 0 Å². The Bertz CT molecular complexity index is 1110. The molecule has 0 unspecified atom stereocenters. The first-order chi connectivity index (χ1) is 13.5. The van der Waals surface area contributed by atoms with Gasteiger partial charge in [0.1, 0.15) is 11.6 Å². The van der Waals surface area contributed by atoms with Gasteiger partial charge < -0.3 is 9.88 Å². The highest BCUT2D eigenvalue weighted by Crippen LogP contribution is 2.33. The maximum atomic E-state index is 13.2. The molecule has 4 rings (SSSR count). The Morgan fingerprint density at radius 2 is 1.79 bits per heavy atom. The van der Waals surface area contributed by atoms with Crippen molar-refractivity contribution < 1.29 is 4.79 Å². The van der Waals surface area contributed by atoms with Crippen LogP contribution < -0.4 is 10.9 Å². The molecule has 144 valence electrons. The first kappa shape index (κ1) is 18.3. The van der Waals surface area contributed by atoms with E-state index in [4.69, 9.17) is 0 Å². The minimum Gasteiger partial charge on any atom is -0.324 e. The number of nitrogens with one attached hydrogen (secondary N) is 1. The molecule has 0 radical (unpaired) electrons. The number of aromatic nitrogens is 4. The zero-order chi connectivity index (χ0) is 19.8. The van der Waals surface area contributed by atoms with E-state index in [-0.39, 0.29) is 22.9 Å². The van der Waals surface area contributed by atoms with Gasteiger partial charge in [0, 0.05) is 23.7 Å². The molecule has 0 bridgehead atoms. The number of aryl methyl sites for hydroxylation is 2. The Labute approximate surface area is 162 Å². The quantitative estimate of drug-likeness (QED) is 0.694. The summed E-state index contributed by atoms with van der Waals surface area (Å²) in [7, 11) is 0. The van der Waals surface area contributed by atoms with E-state index in [1.165, 1.54) is 6.92 Å². The molecule has 1 aliphatic carbocycles. The van der Waals surface area contributed by atoms with Gasteiger partial charge >= 0.3 is 0 Å². The standard InChI is InChI=1S/C21H23N5O2/c1-12-9-23-19(11-22-12)25-18-8-17-16(10-24-18)13(2)20(14(3)27)21(28)26(17)15-6-4-5-7-15/h8-11,15H,4-7H2,1-3H3,(H,23,24,25). The smallest absolute Gasteiger partial charge is 0.262 e. The van der Waals surface area contributed by atoms with Gasteiger partial charge in [-0.1, -0.05) is 12.8 Å². The van der Waals surface area contributed by atoms with E-state index < -0.39 is 0 Å². The molecule has 0 saturated heterocycles. The maximum absolute atomic E-state index is 13.2. The molecule has 0 atom stereocenters. The van der Waals surface area contributed by atoms with Crippen molar-refractivity contribution in [1.29, 1.82) is 0 Å². The fraction of sp³-hybridized carbons (Fsp3) is 0.381. The van der Waals surface area contributed by atoms with Crippen molar-refractivity contribution in [2.24, 2.45) is 0 Å². The highest BCUT2D eigenvalue weighted by molar-refractivity contribution is 6.00. The van der Waals surface area contributed by atoms with E-state index in [1.807, 2.05) is 19.9 Å². The minimum atomic E-state index is -0.201. The van der Waals surface area contributed by atoms with Gasteiger partial charge in [0.2, 0.25) is 0 Å². The van der Waals surface area contributed by atoms with Crippen LogP contribution in [0.3, 0.4) is 0 Å². The molecular formula is C21H23N5O2. The Hall–Kier alpha value is -3.09. The van der Waals surface area contributed by atoms with Crippen molar-refractivity contribution in [2.75, 3.05) is 5.32 Å². The van der Waals surface area contributed by atoms with Crippen LogP contribution in [0.5, 0.6) is 0 Å². The Kier molecular flexibility index (Phi) is 4.66. The minimum absolute atomic E-state index is 0.114. The zero-order valence-electron chi connectivity index (χ0n) is 16.3. The highest BCUT2D eigenvalue weighted by atomic mass is 16.1. The third-order valence-electron chi connectivity index (χ3n) is 5.43. The molecule has 0 aromatic carbocycles. The molecule has 1 saturated carbocycles. The number of hydrogen-bond donors (Lipinski definition) is 1. The summed E-state index contributed by atoms with van der Waals surface area (Å²) >= 11 is 0. The number of nitrogens with zero attached hydrogens (tertiary/aromatic N) is 4. The highest BCUT2D eigenvalue weighted by Gasteiger charge is 2.25. The first-order valence-electron chi connectivity index (χ1n) is 9.57. The molecular weight excluding hydrogens is 354 g/mol. The zero-order valence-corrected chi connectivity index (χ0v) is 16.3. The molecule has 7 nitrogen and oxygen atoms in total. The summed E-state index contributed by atoms with van der Waals surface area (Å²) in [5.74, 6) is 0.976. The van der Waals surface area contributed by atoms with Gasteiger partial charge in [-0.25, -0.2) is 9.97 Å². The SMILES string of the molecule is CC(=O)c1c(C)c2cnc(Nc3cnc(C)cn3)cc2n(C2CCCC2)c1=O. The van der Waals surface area contributed by atoms with Crippen molar-refractivity contribution in [3.05, 3.63) is 51.8 Å². The lowest BCUT2D eigenvalue weighted by Crippen LogP contribution is -2.30. The molecule has 1 N–H and O–H groups in total. The number of rotatable bonds is 4. The Balaban J connectivity index is 1.90. The number of hydrogen-bond acceptors (Lipinski definition) is 6. The molecule has 3 heterocycles. The van der Waals surface area contributed by atoms with Crippen LogP contribution in [0.1, 0.15) is 60.3 Å². The van der Waals surface area contributed by atoms with Gasteiger partial charge in [-0.05, 0) is 39.2 Å². The van der Waals surface area contributed by atoms with Crippen LogP contribution >= 0.6 is 0 Å². The average molecular weight is 377 g/mol. The van der Waals surface area contributed by atoms with Gasteiger partial charge in [0.15, 0.2) is 5.78 Å². The van der Waals surface area contributed by atoms with Gasteiger partial charge in [-0.15, -0.1) is 0 Å². The molecule has 0 amide bonds. The van der Waals surface area contributed by atoms with Gasteiger partial charge in [0.25, 0.3) is 5.56 Å². The van der Waals surface area contributed by atoms with E-state index in [0.29, 0.717) is 17.2 Å². The number of carbonyl (C=O) groups excluding carboxylic acids is 1. The summed E-state index contributed by atoms with van der Waals surface area (Å²) in [4.78, 5) is 38.4. The predicted octanol–water partition coefficient (Wildman–Crippen LogP) is 3.86. The number of anilines is 2. The summed E-state index contributed by atoms with van der Waals surface area (Å²) in [5.41, 5.74) is 2.40. The topological polar surface area (TPSA) is 89.8 Å². The van der Waals surface area contributed by atoms with Crippen molar-refractivity contribution in [3.63, 3.8) is 0 Å². The Morgan fingerprint density at radius 3 is 2.43 bits per heavy atom. The number of fused-ring (bicyclic) bond motifs is 1. The third kappa shape index (κ3) is 3.17. The molecule has 7 heteroatoms. The van der Waals surface area contributed by atoms with Crippen LogP contribution in [0.25, 0.3) is 10.9 Å². The summed E-state index contributed by atoms with van der Waals surface area (Å²) in [6.45, 7) is 5.15. The van der Waals surface area contributed by atoms with Crippen LogP contribution in [0, 0.1) is 13.8 Å². The van der Waals surface area contributed by atoms with Crippen molar-refractivity contribution in [2.45, 2.75) is 52.5 Å². The largest absolute Gasteiger partial charge is 0.324 e. The third-order valence-corrected chi connectivity index (χ3v) is 5.43. The van der Waals surface area contributed by atoms with Crippen molar-refractivity contribution >= 4 is 28.3 Å². The number of ketones is 1. The molecule has 0 spiro atoms. The molecule has 3 aromatic heterocycles. The maximum Gasteiger partial charge on any atom is 0.262 e. The second-order valence-corrected chi connectivity index (χ2v) is 7.42. The number of carbonyl (C=O) groups is 1. The monoisotopic (exact) mass is 377 g/mol. The number of pyridine rings is 2. The number of Topliss-reactive ketones (excluding diaryl/α,β-unsaturated/α-hetero) is 1. The average Bonchev–Trinajstić information content (AvgIpc) is 3.17. The van der Waals surface area contributed by atoms with Crippen LogP contribution in [-0.4, -0.2) is 25.3 Å². The summed E-state index contributed by atoms with van der Waals surface area (Å²) in [6.07, 6.45) is 9.14. The lowest BCUT2D eigenvalue weighted by Gasteiger charge is -2.20. The van der Waals surface area contributed by atoms with Crippen LogP contribution in [0.4, 0.5) is 11.6 Å². The second-order valence-electron chi connectivity index (χ2n) is 7.42. The predicted molar refractivity (Wildman–Crippen MR) is 108 cm³/mol. The summed E-state index contributed by atoms with van der Waals surface area (Å²) < 4.78 is 1.81. The summed E-state index contributed by atoms with van der Waals surface area (Å²) in [6, 6.07) is 1.98. The molecule has 1 aliphatic rings. The molecule has 0 aliphatic heterocycles. The second kappa shape index (κ2) is 7.14. The normalized spacial score (nSPS) is 14.5. The van der Waals surface area contributed by atoms with Crippen LogP contribution in [0.15, 0.2) is 29.5 Å². The van der Waals surface area contributed by atoms with Gasteiger partial charge in [-0.3, -0.25) is 14.6 Å². The Morgan fingerprint density at radius 1 is 1.07 bits per heavy atom. The lowest BCUT2D eigenvalue weighted by molar-refractivity contribution is 0.101. The van der Waals surface area contributed by atoms with Gasteiger partial charge in [0.05, 0.1) is 29.2 Å². The van der Waals surface area contributed by atoms with E-state index in [2.05, 4.69) is 20.3 Å². The van der Waals surface area contributed by atoms with E-state index in [0.717, 1.165) is 42.3 Å². The fourth-order valence-electron chi connectivity index (χ4n) is 4.05. The van der Waals surface area contributed by atoms with E-state index in [9.17, 15) is 9.59 Å². The fourth-order valence-corrected chi connectivity index (χ4v) is 4.05. The molecule has 3 aromatic rings. The molecule has 1 fully saturated rings. The van der Waals surface area contributed by atoms with Crippen molar-refractivity contribution in [3.8, 4) is 0 Å². The first-order valence-corrected chi connectivity index (χ1v) is 9.57. The van der Waals surface area contributed by atoms with Crippen LogP contribution in [-0.2, 0) is 0 Å². The summed E-state index contributed by atoms with van der Waals surface area (Å²) in [5, 5.41) is 3.98. The lowest BCUT2D eigenvalue weighted by atomic mass is 10.0. The van der Waals surface area contributed by atoms with E-state index in [1.54, 1.807) is 23.2 Å². The van der Waals surface area contributed by atoms with E-state index >= 15 is 0 Å².